The van der Waals surface area contributed by atoms with Crippen molar-refractivity contribution in [2.45, 2.75) is 123 Å². The van der Waals surface area contributed by atoms with Gasteiger partial charge in [0.05, 0.1) is 13.2 Å². The molecule has 3 heteroatoms. The van der Waals surface area contributed by atoms with E-state index in [1.807, 2.05) is 0 Å². The SMILES string of the molecule is CCCCCCCCCCCCCCO[C@H](CO)COCCCCCC. The van der Waals surface area contributed by atoms with E-state index in [1.165, 1.54) is 89.9 Å². The minimum Gasteiger partial charge on any atom is -0.394 e. The van der Waals surface area contributed by atoms with Crippen LogP contribution >= 0.6 is 0 Å². The molecule has 0 saturated heterocycles. The van der Waals surface area contributed by atoms with Crippen LogP contribution in [0.15, 0.2) is 0 Å². The lowest BCUT2D eigenvalue weighted by molar-refractivity contribution is -0.0437. The van der Waals surface area contributed by atoms with Gasteiger partial charge in [0.15, 0.2) is 0 Å². The summed E-state index contributed by atoms with van der Waals surface area (Å²) < 4.78 is 11.3. The average Bonchev–Trinajstić information content (AvgIpc) is 2.66. The summed E-state index contributed by atoms with van der Waals surface area (Å²) in [5.41, 5.74) is 0. The second-order valence-corrected chi connectivity index (χ2v) is 7.70. The minimum atomic E-state index is -0.145. The second kappa shape index (κ2) is 22.9. The Hall–Kier alpha value is -0.120. The van der Waals surface area contributed by atoms with Crippen molar-refractivity contribution in [2.75, 3.05) is 26.4 Å². The van der Waals surface area contributed by atoms with E-state index in [0.29, 0.717) is 6.61 Å². The molecular weight excluding hydrogens is 324 g/mol. The van der Waals surface area contributed by atoms with Gasteiger partial charge in [-0.2, -0.15) is 0 Å². The third-order valence-corrected chi connectivity index (χ3v) is 5.00. The summed E-state index contributed by atoms with van der Waals surface area (Å²) >= 11 is 0. The molecule has 0 saturated carbocycles. The predicted octanol–water partition coefficient (Wildman–Crippen LogP) is 6.66. The van der Waals surface area contributed by atoms with Crippen molar-refractivity contribution in [2.24, 2.45) is 0 Å². The van der Waals surface area contributed by atoms with Crippen LogP contribution in [0.1, 0.15) is 117 Å². The van der Waals surface area contributed by atoms with Gasteiger partial charge >= 0.3 is 0 Å². The second-order valence-electron chi connectivity index (χ2n) is 7.70. The third-order valence-electron chi connectivity index (χ3n) is 5.00. The van der Waals surface area contributed by atoms with Gasteiger partial charge in [0.2, 0.25) is 0 Å². The van der Waals surface area contributed by atoms with Crippen LogP contribution in [0.4, 0.5) is 0 Å². The maximum Gasteiger partial charge on any atom is 0.104 e. The molecule has 0 fully saturated rings. The number of aliphatic hydroxyl groups excluding tert-OH is 1. The summed E-state index contributed by atoms with van der Waals surface area (Å²) in [5, 5.41) is 9.35. The normalized spacial score (nSPS) is 12.6. The first-order chi connectivity index (χ1) is 12.8. The molecule has 3 nitrogen and oxygen atoms in total. The molecule has 0 heterocycles. The fourth-order valence-electron chi connectivity index (χ4n) is 3.19. The Bertz CT molecular complexity index is 246. The van der Waals surface area contributed by atoms with Gasteiger partial charge in [0, 0.05) is 13.2 Å². The van der Waals surface area contributed by atoms with Crippen LogP contribution in [0.25, 0.3) is 0 Å². The van der Waals surface area contributed by atoms with Gasteiger partial charge in [-0.05, 0) is 12.8 Å². The largest absolute Gasteiger partial charge is 0.394 e. The van der Waals surface area contributed by atoms with Crippen LogP contribution in [-0.4, -0.2) is 37.6 Å². The number of ether oxygens (including phenoxy) is 2. The Labute approximate surface area is 164 Å². The third kappa shape index (κ3) is 20.2. The lowest BCUT2D eigenvalue weighted by Crippen LogP contribution is -2.24. The predicted molar refractivity (Wildman–Crippen MR) is 113 cm³/mol. The van der Waals surface area contributed by atoms with Crippen LogP contribution in [-0.2, 0) is 9.47 Å². The Morgan fingerprint density at radius 1 is 0.577 bits per heavy atom. The van der Waals surface area contributed by atoms with Gasteiger partial charge in [-0.1, -0.05) is 104 Å². The molecule has 1 N–H and O–H groups in total. The van der Waals surface area contributed by atoms with E-state index in [2.05, 4.69) is 13.8 Å². The molecule has 0 aliphatic rings. The summed E-state index contributed by atoms with van der Waals surface area (Å²) in [6.45, 7) is 6.62. The Balaban J connectivity index is 3.23. The van der Waals surface area contributed by atoms with E-state index in [1.54, 1.807) is 0 Å². The van der Waals surface area contributed by atoms with E-state index >= 15 is 0 Å². The zero-order valence-corrected chi connectivity index (χ0v) is 18.0. The van der Waals surface area contributed by atoms with Crippen molar-refractivity contribution < 1.29 is 14.6 Å². The minimum absolute atomic E-state index is 0.0627. The highest BCUT2D eigenvalue weighted by molar-refractivity contribution is 4.55. The fraction of sp³-hybridized carbons (Fsp3) is 1.00. The molecule has 0 aliphatic heterocycles. The van der Waals surface area contributed by atoms with Crippen molar-refractivity contribution in [3.63, 3.8) is 0 Å². The lowest BCUT2D eigenvalue weighted by Gasteiger charge is -2.15. The van der Waals surface area contributed by atoms with Gasteiger partial charge < -0.3 is 14.6 Å². The zero-order valence-electron chi connectivity index (χ0n) is 18.0. The van der Waals surface area contributed by atoms with E-state index in [-0.39, 0.29) is 12.7 Å². The molecule has 0 bridgehead atoms. The molecule has 0 spiro atoms. The van der Waals surface area contributed by atoms with E-state index in [0.717, 1.165) is 26.1 Å². The molecular formula is C23H48O3. The monoisotopic (exact) mass is 372 g/mol. The molecule has 0 aromatic rings. The highest BCUT2D eigenvalue weighted by Crippen LogP contribution is 2.12. The average molecular weight is 373 g/mol. The van der Waals surface area contributed by atoms with E-state index < -0.39 is 0 Å². The quantitative estimate of drug-likeness (QED) is 0.216. The lowest BCUT2D eigenvalue weighted by atomic mass is 10.1. The van der Waals surface area contributed by atoms with Crippen LogP contribution in [0, 0.1) is 0 Å². The van der Waals surface area contributed by atoms with E-state index in [9.17, 15) is 5.11 Å². The molecule has 0 unspecified atom stereocenters. The summed E-state index contributed by atoms with van der Waals surface area (Å²) in [6.07, 6.45) is 21.0. The van der Waals surface area contributed by atoms with Crippen molar-refractivity contribution in [3.8, 4) is 0 Å². The van der Waals surface area contributed by atoms with Crippen molar-refractivity contribution in [1.82, 2.24) is 0 Å². The van der Waals surface area contributed by atoms with Crippen LogP contribution in [0.3, 0.4) is 0 Å². The maximum absolute atomic E-state index is 9.35. The van der Waals surface area contributed by atoms with Crippen molar-refractivity contribution >= 4 is 0 Å². The van der Waals surface area contributed by atoms with Gasteiger partial charge in [0.1, 0.15) is 6.10 Å². The number of unbranched alkanes of at least 4 members (excludes halogenated alkanes) is 14. The van der Waals surface area contributed by atoms with Crippen molar-refractivity contribution in [3.05, 3.63) is 0 Å². The number of aliphatic hydroxyl groups is 1. The highest BCUT2D eigenvalue weighted by atomic mass is 16.5. The summed E-state index contributed by atoms with van der Waals surface area (Å²) in [7, 11) is 0. The van der Waals surface area contributed by atoms with Gasteiger partial charge in [-0.25, -0.2) is 0 Å². The molecule has 0 aromatic carbocycles. The van der Waals surface area contributed by atoms with Gasteiger partial charge in [0.25, 0.3) is 0 Å². The molecule has 0 aliphatic carbocycles. The first-order valence-corrected chi connectivity index (χ1v) is 11.6. The zero-order chi connectivity index (χ0) is 19.1. The maximum atomic E-state index is 9.35. The molecule has 0 radical (unpaired) electrons. The molecule has 1 atom stereocenters. The first-order valence-electron chi connectivity index (χ1n) is 11.6. The smallest absolute Gasteiger partial charge is 0.104 e. The summed E-state index contributed by atoms with van der Waals surface area (Å²) in [5.74, 6) is 0. The molecule has 0 amide bonds. The number of rotatable bonds is 22. The Morgan fingerprint density at radius 2 is 1.00 bits per heavy atom. The Morgan fingerprint density at radius 3 is 1.50 bits per heavy atom. The topological polar surface area (TPSA) is 38.7 Å². The summed E-state index contributed by atoms with van der Waals surface area (Å²) in [4.78, 5) is 0. The van der Waals surface area contributed by atoms with Gasteiger partial charge in [-0.15, -0.1) is 0 Å². The molecule has 26 heavy (non-hydrogen) atoms. The highest BCUT2D eigenvalue weighted by Gasteiger charge is 2.07. The Kier molecular flexibility index (Phi) is 22.8. The summed E-state index contributed by atoms with van der Waals surface area (Å²) in [6, 6.07) is 0. The molecule has 0 rings (SSSR count). The number of hydrogen-bond donors (Lipinski definition) is 1. The molecule has 0 aromatic heterocycles. The first kappa shape index (κ1) is 25.9. The molecule has 158 valence electrons. The van der Waals surface area contributed by atoms with Crippen molar-refractivity contribution in [1.29, 1.82) is 0 Å². The van der Waals surface area contributed by atoms with Crippen LogP contribution in [0.2, 0.25) is 0 Å². The fourth-order valence-corrected chi connectivity index (χ4v) is 3.19. The van der Waals surface area contributed by atoms with E-state index in [4.69, 9.17) is 9.47 Å². The standard InChI is InChI=1S/C23H48O3/c1-3-5-7-9-10-11-12-13-14-15-16-18-20-26-23(21-24)22-25-19-17-8-6-4-2/h23-24H,3-22H2,1-2H3/t23-/m1/s1. The van der Waals surface area contributed by atoms with Crippen LogP contribution in [0.5, 0.6) is 0 Å². The van der Waals surface area contributed by atoms with Crippen LogP contribution < -0.4 is 0 Å². The number of hydrogen-bond acceptors (Lipinski definition) is 3. The van der Waals surface area contributed by atoms with Gasteiger partial charge in [-0.3, -0.25) is 0 Å².